The van der Waals surface area contributed by atoms with Crippen molar-refractivity contribution in [1.29, 1.82) is 0 Å². The molecular formula is C20H31Cl2NTi. The molecule has 1 aliphatic carbocycles. The van der Waals surface area contributed by atoms with Crippen LogP contribution in [-0.4, -0.2) is 5.54 Å². The summed E-state index contributed by atoms with van der Waals surface area (Å²) in [5.74, 6) is 0. The molecule has 0 radical (unpaired) electrons. The third-order valence-corrected chi connectivity index (χ3v) is 7.09. The van der Waals surface area contributed by atoms with Gasteiger partial charge in [0.25, 0.3) is 0 Å². The molecule has 0 saturated heterocycles. The molecule has 1 nitrogen and oxygen atoms in total. The number of hydrogen-bond acceptors (Lipinski definition) is 1. The Balaban J connectivity index is 0.00000264. The van der Waals surface area contributed by atoms with E-state index >= 15 is 0 Å². The van der Waals surface area contributed by atoms with Gasteiger partial charge < -0.3 is 0 Å². The minimum absolute atomic E-state index is 0. The Morgan fingerprint density at radius 1 is 0.958 bits per heavy atom. The zero-order valence-electron chi connectivity index (χ0n) is 15.9. The summed E-state index contributed by atoms with van der Waals surface area (Å²) >= 11 is -0.290. The zero-order valence-corrected chi connectivity index (χ0v) is 19.1. The maximum absolute atomic E-state index is 3.79. The van der Waals surface area contributed by atoms with E-state index in [-0.39, 0.29) is 53.5 Å². The van der Waals surface area contributed by atoms with Crippen LogP contribution in [0.3, 0.4) is 0 Å². The van der Waals surface area contributed by atoms with Crippen LogP contribution in [0.5, 0.6) is 0 Å². The average molecular weight is 404 g/mol. The smallest absolute Gasteiger partial charge is 0.147 e. The van der Waals surface area contributed by atoms with Gasteiger partial charge in [-0.05, 0) is 0 Å². The molecule has 4 heteroatoms. The SMILES string of the molecule is CC1=CCC(c2ccccc2[C](C)(C)[Ti][NH]C(C)(C)C)=C1C.Cl.Cl. The van der Waals surface area contributed by atoms with E-state index in [0.717, 1.165) is 6.42 Å². The monoisotopic (exact) mass is 403 g/mol. The number of hydrogen-bond donors (Lipinski definition) is 1. The molecule has 0 unspecified atom stereocenters. The fourth-order valence-electron chi connectivity index (χ4n) is 2.81. The summed E-state index contributed by atoms with van der Waals surface area (Å²) in [6.07, 6.45) is 3.44. The predicted molar refractivity (Wildman–Crippen MR) is 108 cm³/mol. The summed E-state index contributed by atoms with van der Waals surface area (Å²) in [6.45, 7) is 16.1. The van der Waals surface area contributed by atoms with Gasteiger partial charge in [0.15, 0.2) is 0 Å². The van der Waals surface area contributed by atoms with Crippen LogP contribution in [0.25, 0.3) is 5.57 Å². The van der Waals surface area contributed by atoms with E-state index in [0.29, 0.717) is 0 Å². The summed E-state index contributed by atoms with van der Waals surface area (Å²) < 4.78 is 4.02. The summed E-state index contributed by atoms with van der Waals surface area (Å²) in [4.78, 5) is 0. The Kier molecular flexibility index (Phi) is 9.04. The van der Waals surface area contributed by atoms with Gasteiger partial charge in [-0.15, -0.1) is 24.8 Å². The Labute approximate surface area is 169 Å². The quantitative estimate of drug-likeness (QED) is 0.583. The normalized spacial score (nSPS) is 14.7. The molecule has 0 saturated carbocycles. The molecule has 0 aromatic heterocycles. The standard InChI is InChI=1S/C16H19.C4H10N.2ClH.Ti/c1-11(2)14-7-5-6-8-16(14)15-10-9-12(3)13(15)4;1-4(2,3)5;;;/h5-9H,10H2,1-4H3;5H,1-3H3;2*1H;/q;-1;;;+1. The van der Waals surface area contributed by atoms with E-state index in [9.17, 15) is 0 Å². The van der Waals surface area contributed by atoms with E-state index in [1.165, 1.54) is 27.8 Å². The first-order valence-electron chi connectivity index (χ1n) is 8.13. The van der Waals surface area contributed by atoms with Gasteiger partial charge in [0.1, 0.15) is 0 Å². The van der Waals surface area contributed by atoms with Crippen molar-refractivity contribution in [3.05, 3.63) is 52.6 Å². The molecule has 1 N–H and O–H groups in total. The van der Waals surface area contributed by atoms with Crippen molar-refractivity contribution in [3.8, 4) is 0 Å². The molecule has 1 aromatic rings. The van der Waals surface area contributed by atoms with Gasteiger partial charge in [0.05, 0.1) is 0 Å². The molecule has 0 atom stereocenters. The molecule has 0 aliphatic heterocycles. The zero-order chi connectivity index (χ0) is 16.5. The molecule has 134 valence electrons. The van der Waals surface area contributed by atoms with E-state index in [2.05, 4.69) is 82.6 Å². The van der Waals surface area contributed by atoms with Gasteiger partial charge in [-0.2, -0.15) is 0 Å². The summed E-state index contributed by atoms with van der Waals surface area (Å²) in [7, 11) is 0. The molecular weight excluding hydrogens is 373 g/mol. The Hall–Kier alpha value is -0.0457. The largest absolute Gasteiger partial charge is 0.147 e. The third-order valence-electron chi connectivity index (χ3n) is 4.33. The molecule has 0 bridgehead atoms. The fourth-order valence-corrected chi connectivity index (χ4v) is 4.44. The molecule has 1 aromatic carbocycles. The number of allylic oxidation sites excluding steroid dienone is 4. The Morgan fingerprint density at radius 3 is 2.04 bits per heavy atom. The number of nitrogens with one attached hydrogen (secondary N) is 1. The van der Waals surface area contributed by atoms with Gasteiger partial charge >= 0.3 is 146 Å². The predicted octanol–water partition coefficient (Wildman–Crippen LogP) is 6.27. The number of rotatable bonds is 4. The van der Waals surface area contributed by atoms with Crippen molar-refractivity contribution < 1.29 is 19.4 Å². The van der Waals surface area contributed by atoms with E-state index in [1.54, 1.807) is 0 Å². The molecule has 2 rings (SSSR count). The van der Waals surface area contributed by atoms with Crippen LogP contribution in [-0.2, 0) is 23.1 Å². The second-order valence-corrected chi connectivity index (χ2v) is 10.6. The van der Waals surface area contributed by atoms with E-state index in [4.69, 9.17) is 0 Å². The van der Waals surface area contributed by atoms with Crippen LogP contribution in [0.1, 0.15) is 66.0 Å². The average Bonchev–Trinajstić information content (AvgIpc) is 2.76. The van der Waals surface area contributed by atoms with Crippen molar-refractivity contribution >= 4 is 30.4 Å². The van der Waals surface area contributed by atoms with Gasteiger partial charge in [-0.3, -0.25) is 0 Å². The molecule has 1 aliphatic rings. The molecule has 0 heterocycles. The van der Waals surface area contributed by atoms with Crippen molar-refractivity contribution in [3.63, 3.8) is 0 Å². The molecule has 0 fully saturated rings. The first-order valence-corrected chi connectivity index (χ1v) is 9.69. The minimum atomic E-state index is -0.290. The second kappa shape index (κ2) is 9.06. The van der Waals surface area contributed by atoms with E-state index < -0.39 is 0 Å². The van der Waals surface area contributed by atoms with Crippen LogP contribution in [0, 0.1) is 0 Å². The summed E-state index contributed by atoms with van der Waals surface area (Å²) in [5, 5.41) is 0. The minimum Gasteiger partial charge on any atom is -0.147 e. The van der Waals surface area contributed by atoms with E-state index in [1.807, 2.05) is 0 Å². The third kappa shape index (κ3) is 5.75. The van der Waals surface area contributed by atoms with Crippen LogP contribution in [0.15, 0.2) is 41.5 Å². The van der Waals surface area contributed by atoms with Gasteiger partial charge in [-0.25, -0.2) is 0 Å². The number of halogens is 2. The van der Waals surface area contributed by atoms with Crippen molar-refractivity contribution in [1.82, 2.24) is 3.80 Å². The van der Waals surface area contributed by atoms with Crippen LogP contribution in [0.2, 0.25) is 0 Å². The fraction of sp³-hybridized carbons (Fsp3) is 0.500. The maximum atomic E-state index is 3.79. The maximum Gasteiger partial charge on any atom is -0.147 e. The van der Waals surface area contributed by atoms with Crippen molar-refractivity contribution in [2.75, 3.05) is 0 Å². The second-order valence-electron chi connectivity index (χ2n) is 7.87. The van der Waals surface area contributed by atoms with Gasteiger partial charge in [-0.1, -0.05) is 0 Å². The van der Waals surface area contributed by atoms with Crippen LogP contribution >= 0.6 is 24.8 Å². The Bertz CT molecular complexity index is 625. The van der Waals surface area contributed by atoms with Crippen LogP contribution < -0.4 is 3.80 Å². The molecule has 24 heavy (non-hydrogen) atoms. The Morgan fingerprint density at radius 2 is 1.54 bits per heavy atom. The summed E-state index contributed by atoms with van der Waals surface area (Å²) in [6, 6.07) is 9.01. The van der Waals surface area contributed by atoms with Crippen molar-refractivity contribution in [2.45, 2.75) is 64.1 Å². The first kappa shape index (κ1) is 24.0. The molecule has 0 amide bonds. The summed E-state index contributed by atoms with van der Waals surface area (Å²) in [5.41, 5.74) is 7.58. The van der Waals surface area contributed by atoms with Gasteiger partial charge in [0, 0.05) is 0 Å². The first-order chi connectivity index (χ1) is 10.1. The topological polar surface area (TPSA) is 12.0 Å². The van der Waals surface area contributed by atoms with Crippen molar-refractivity contribution in [2.24, 2.45) is 0 Å². The van der Waals surface area contributed by atoms with Crippen LogP contribution in [0.4, 0.5) is 0 Å². The molecule has 0 spiro atoms. The number of benzene rings is 1. The van der Waals surface area contributed by atoms with Gasteiger partial charge in [0.2, 0.25) is 0 Å².